The topological polar surface area (TPSA) is 41.8 Å². The molecule has 1 aliphatic rings. The molecular weight excluding hydrogens is 323 g/mol. The molecule has 0 aromatic carbocycles. The third-order valence-electron chi connectivity index (χ3n) is 2.94. The normalized spacial score (nSPS) is 23.8. The van der Waals surface area contributed by atoms with Crippen LogP contribution in [0.5, 0.6) is 0 Å². The Bertz CT molecular complexity index is 194. The van der Waals surface area contributed by atoms with Gasteiger partial charge in [0.15, 0.2) is 0 Å². The van der Waals surface area contributed by atoms with Crippen LogP contribution >= 0.6 is 0 Å². The molecule has 5 nitrogen and oxygen atoms in total. The predicted octanol–water partition coefficient (Wildman–Crippen LogP) is -6.20. The number of halogens is 2. The first-order valence-corrected chi connectivity index (χ1v) is 5.99. The molecular formula is C11H25Cl2N4OTi. The molecule has 8 heteroatoms. The molecule has 0 aliphatic carbocycles. The Labute approximate surface area is 144 Å². The van der Waals surface area contributed by atoms with Gasteiger partial charge in [0.1, 0.15) is 0 Å². The summed E-state index contributed by atoms with van der Waals surface area (Å²) < 4.78 is 5.30. The summed E-state index contributed by atoms with van der Waals surface area (Å²) >= 11 is 0. The molecule has 1 rings (SSSR count). The molecule has 19 heavy (non-hydrogen) atoms. The fourth-order valence-corrected chi connectivity index (χ4v) is 1.66. The zero-order chi connectivity index (χ0) is 11.8. The summed E-state index contributed by atoms with van der Waals surface area (Å²) in [5.41, 5.74) is 0. The summed E-state index contributed by atoms with van der Waals surface area (Å²) in [7, 11) is 6.03. The van der Waals surface area contributed by atoms with Gasteiger partial charge in [-0.1, -0.05) is 0 Å². The quantitative estimate of drug-likeness (QED) is 0.479. The van der Waals surface area contributed by atoms with Crippen molar-refractivity contribution < 1.29 is 51.3 Å². The van der Waals surface area contributed by atoms with Gasteiger partial charge < -0.3 is 50.0 Å². The zero-order valence-electron chi connectivity index (χ0n) is 12.0. The number of ether oxygens (including phenoxy) is 1. The van der Waals surface area contributed by atoms with Gasteiger partial charge >= 0.3 is 21.7 Å². The Morgan fingerprint density at radius 2 is 1.63 bits per heavy atom. The van der Waals surface area contributed by atoms with Crippen LogP contribution < -0.4 is 30.1 Å². The molecule has 1 saturated heterocycles. The number of likely N-dealkylation sites (N-methyl/N-ethyl adjacent to an activating group) is 2. The average molecular weight is 348 g/mol. The van der Waals surface area contributed by atoms with Crippen molar-refractivity contribution in [3.05, 3.63) is 5.32 Å². The maximum atomic E-state index is 5.30. The number of rotatable bonds is 1. The molecule has 1 unspecified atom stereocenters. The van der Waals surface area contributed by atoms with E-state index >= 15 is 0 Å². The van der Waals surface area contributed by atoms with Crippen molar-refractivity contribution in [2.45, 2.75) is 6.23 Å². The van der Waals surface area contributed by atoms with Crippen LogP contribution in [-0.2, 0) is 26.5 Å². The van der Waals surface area contributed by atoms with Crippen LogP contribution in [0.1, 0.15) is 0 Å². The molecule has 1 radical (unpaired) electrons. The van der Waals surface area contributed by atoms with Gasteiger partial charge in [-0.15, -0.1) is 6.54 Å². The van der Waals surface area contributed by atoms with Crippen molar-refractivity contribution in [3.63, 3.8) is 0 Å². The minimum Gasteiger partial charge on any atom is -1.00 e. The summed E-state index contributed by atoms with van der Waals surface area (Å²) in [5.74, 6) is 0. The van der Waals surface area contributed by atoms with E-state index < -0.39 is 0 Å². The van der Waals surface area contributed by atoms with Crippen LogP contribution in [0.3, 0.4) is 0 Å². The van der Waals surface area contributed by atoms with E-state index in [2.05, 4.69) is 34.5 Å². The van der Waals surface area contributed by atoms with Gasteiger partial charge in [0, 0.05) is 39.8 Å². The minimum absolute atomic E-state index is 0. The molecule has 0 saturated carbocycles. The Balaban J connectivity index is -0.000000853. The zero-order valence-corrected chi connectivity index (χ0v) is 15.1. The van der Waals surface area contributed by atoms with Crippen LogP contribution in [0.4, 0.5) is 0 Å². The molecule has 0 bridgehead atoms. The molecule has 0 amide bonds. The number of methoxy groups -OCH3 is 1. The SMILES string of the molecule is COC1CNCCN(C)CCN(C)CC[N-]1.[Cl-].[Cl-].[Ti+3]. The first kappa shape index (κ1) is 25.1. The number of nitrogens with one attached hydrogen (secondary N) is 1. The largest absolute Gasteiger partial charge is 3.00 e. The van der Waals surface area contributed by atoms with Crippen molar-refractivity contribution in [2.75, 3.05) is 67.0 Å². The Kier molecular flexibility index (Phi) is 20.4. The molecule has 0 spiro atoms. The van der Waals surface area contributed by atoms with E-state index in [4.69, 9.17) is 4.74 Å². The van der Waals surface area contributed by atoms with Crippen molar-refractivity contribution in [1.29, 1.82) is 0 Å². The first-order chi connectivity index (χ1) is 7.72. The van der Waals surface area contributed by atoms with E-state index in [1.165, 1.54) is 0 Å². The summed E-state index contributed by atoms with van der Waals surface area (Å²) in [6, 6.07) is 0. The van der Waals surface area contributed by atoms with Crippen LogP contribution in [0.2, 0.25) is 0 Å². The molecule has 1 N–H and O–H groups in total. The van der Waals surface area contributed by atoms with Gasteiger partial charge in [-0.05, 0) is 26.9 Å². The van der Waals surface area contributed by atoms with Crippen molar-refractivity contribution in [3.8, 4) is 0 Å². The smallest absolute Gasteiger partial charge is 1.00 e. The predicted molar refractivity (Wildman–Crippen MR) is 66.9 cm³/mol. The number of hydrogen-bond donors (Lipinski definition) is 1. The Morgan fingerprint density at radius 1 is 1.05 bits per heavy atom. The fourth-order valence-electron chi connectivity index (χ4n) is 1.66. The van der Waals surface area contributed by atoms with Gasteiger partial charge in [0.25, 0.3) is 0 Å². The van der Waals surface area contributed by atoms with Gasteiger partial charge in [-0.25, -0.2) is 0 Å². The molecule has 113 valence electrons. The van der Waals surface area contributed by atoms with Crippen LogP contribution in [0, 0.1) is 0 Å². The molecule has 1 heterocycles. The second kappa shape index (κ2) is 15.5. The van der Waals surface area contributed by atoms with Crippen LogP contribution in [-0.4, -0.2) is 83.0 Å². The van der Waals surface area contributed by atoms with Gasteiger partial charge in [0.2, 0.25) is 0 Å². The van der Waals surface area contributed by atoms with Gasteiger partial charge in [-0.2, -0.15) is 0 Å². The van der Waals surface area contributed by atoms with E-state index in [0.717, 1.165) is 45.8 Å². The molecule has 1 aliphatic heterocycles. The monoisotopic (exact) mass is 347 g/mol. The Hall–Kier alpha value is 1.09. The first-order valence-electron chi connectivity index (χ1n) is 5.99. The van der Waals surface area contributed by atoms with Crippen molar-refractivity contribution in [2.24, 2.45) is 0 Å². The molecule has 1 atom stereocenters. The number of nitrogens with zero attached hydrogens (tertiary/aromatic N) is 3. The summed E-state index contributed by atoms with van der Waals surface area (Å²) in [6.45, 7) is 6.96. The fraction of sp³-hybridized carbons (Fsp3) is 1.00. The van der Waals surface area contributed by atoms with Crippen molar-refractivity contribution in [1.82, 2.24) is 15.1 Å². The number of hydrogen-bond acceptors (Lipinski definition) is 4. The third kappa shape index (κ3) is 12.5. The van der Waals surface area contributed by atoms with E-state index in [1.807, 2.05) is 0 Å². The summed E-state index contributed by atoms with van der Waals surface area (Å²) in [4.78, 5) is 4.67. The second-order valence-electron chi connectivity index (χ2n) is 4.41. The standard InChI is InChI=1S/C11H25N4O.2ClH.Ti/c1-14-6-4-12-10-11(16-3)13-5-7-15(2)9-8-14;;;/h11-12H,4-10H2,1-3H3;2*1H;/q-1;;;+3/p-2. The van der Waals surface area contributed by atoms with Gasteiger partial charge in [-0.3, -0.25) is 0 Å². The van der Waals surface area contributed by atoms with Crippen LogP contribution in [0.15, 0.2) is 0 Å². The van der Waals surface area contributed by atoms with E-state index in [-0.39, 0.29) is 52.8 Å². The van der Waals surface area contributed by atoms with E-state index in [1.54, 1.807) is 7.11 Å². The van der Waals surface area contributed by atoms with E-state index in [0.29, 0.717) is 0 Å². The average Bonchev–Trinajstić information content (AvgIpc) is 2.28. The third-order valence-corrected chi connectivity index (χ3v) is 2.94. The maximum Gasteiger partial charge on any atom is 3.00 e. The molecule has 0 aromatic rings. The molecule has 1 fully saturated rings. The van der Waals surface area contributed by atoms with Crippen LogP contribution in [0.25, 0.3) is 5.32 Å². The van der Waals surface area contributed by atoms with Gasteiger partial charge in [0.05, 0.1) is 0 Å². The summed E-state index contributed by atoms with van der Waals surface area (Å²) in [5, 5.41) is 7.88. The second-order valence-corrected chi connectivity index (χ2v) is 4.41. The maximum absolute atomic E-state index is 5.30. The van der Waals surface area contributed by atoms with Crippen molar-refractivity contribution >= 4 is 0 Å². The van der Waals surface area contributed by atoms with E-state index in [9.17, 15) is 0 Å². The molecule has 0 aromatic heterocycles. The minimum atomic E-state index is -0.00173. The summed E-state index contributed by atoms with van der Waals surface area (Å²) in [6.07, 6.45) is -0.00173. The Morgan fingerprint density at radius 3 is 2.21 bits per heavy atom.